The Morgan fingerprint density at radius 2 is 2.19 bits per heavy atom. The molecule has 0 amide bonds. The standard InChI is InChI=1S/C12H14ClFN4O2S/c1-8-6-16-18(7-8)3-2-17-21(19,20)11-5-9(13)4-10(15)12(11)14/h4-7,17H,2-3,15H2,1H3. The Balaban J connectivity index is 2.12. The summed E-state index contributed by atoms with van der Waals surface area (Å²) in [7, 11) is -4.03. The van der Waals surface area contributed by atoms with E-state index in [9.17, 15) is 12.8 Å². The van der Waals surface area contributed by atoms with Crippen LogP contribution in [0.15, 0.2) is 29.4 Å². The van der Waals surface area contributed by atoms with Crippen LogP contribution in [0.4, 0.5) is 10.1 Å². The highest BCUT2D eigenvalue weighted by Gasteiger charge is 2.21. The summed E-state index contributed by atoms with van der Waals surface area (Å²) in [6.07, 6.45) is 3.43. The van der Waals surface area contributed by atoms with Gasteiger partial charge >= 0.3 is 0 Å². The average Bonchev–Trinajstić information content (AvgIpc) is 2.79. The highest BCUT2D eigenvalue weighted by atomic mass is 35.5. The molecule has 6 nitrogen and oxygen atoms in total. The second-order valence-corrected chi connectivity index (χ2v) is 6.66. The van der Waals surface area contributed by atoms with Gasteiger partial charge in [-0.05, 0) is 24.6 Å². The van der Waals surface area contributed by atoms with Crippen molar-refractivity contribution in [1.29, 1.82) is 0 Å². The molecule has 0 aliphatic carbocycles. The molecule has 0 radical (unpaired) electrons. The molecule has 1 aromatic heterocycles. The molecule has 0 saturated carbocycles. The van der Waals surface area contributed by atoms with Gasteiger partial charge < -0.3 is 5.73 Å². The molecule has 0 bridgehead atoms. The minimum atomic E-state index is -4.03. The molecule has 2 rings (SSSR count). The smallest absolute Gasteiger partial charge is 0.243 e. The van der Waals surface area contributed by atoms with Crippen LogP contribution in [-0.2, 0) is 16.6 Å². The number of aryl methyl sites for hydroxylation is 1. The van der Waals surface area contributed by atoms with Crippen molar-refractivity contribution in [2.45, 2.75) is 18.4 Å². The van der Waals surface area contributed by atoms with Crippen LogP contribution in [0.2, 0.25) is 5.02 Å². The number of anilines is 1. The lowest BCUT2D eigenvalue weighted by Gasteiger charge is -2.09. The van der Waals surface area contributed by atoms with Crippen molar-refractivity contribution in [3.8, 4) is 0 Å². The molecule has 1 aromatic carbocycles. The third-order valence-corrected chi connectivity index (χ3v) is 4.40. The average molecular weight is 333 g/mol. The highest BCUT2D eigenvalue weighted by Crippen LogP contribution is 2.24. The molecule has 1 heterocycles. The van der Waals surface area contributed by atoms with Crippen LogP contribution < -0.4 is 10.5 Å². The van der Waals surface area contributed by atoms with Gasteiger partial charge in [0.25, 0.3) is 0 Å². The van der Waals surface area contributed by atoms with E-state index in [0.717, 1.165) is 17.7 Å². The molecule has 0 saturated heterocycles. The first kappa shape index (κ1) is 15.7. The van der Waals surface area contributed by atoms with Crippen LogP contribution in [0.25, 0.3) is 0 Å². The number of nitrogens with zero attached hydrogens (tertiary/aromatic N) is 2. The van der Waals surface area contributed by atoms with E-state index < -0.39 is 20.7 Å². The van der Waals surface area contributed by atoms with Gasteiger partial charge in [-0.2, -0.15) is 5.10 Å². The summed E-state index contributed by atoms with van der Waals surface area (Å²) in [6, 6.07) is 2.18. The van der Waals surface area contributed by atoms with Crippen LogP contribution in [0.5, 0.6) is 0 Å². The second kappa shape index (κ2) is 6.00. The topological polar surface area (TPSA) is 90.0 Å². The van der Waals surface area contributed by atoms with Crippen molar-refractivity contribution in [2.24, 2.45) is 0 Å². The van der Waals surface area contributed by atoms with Crippen molar-refractivity contribution in [3.63, 3.8) is 0 Å². The molecule has 9 heteroatoms. The summed E-state index contributed by atoms with van der Waals surface area (Å²) in [5.74, 6) is -1.01. The van der Waals surface area contributed by atoms with E-state index in [1.165, 1.54) is 0 Å². The maximum atomic E-state index is 13.8. The lowest BCUT2D eigenvalue weighted by atomic mass is 10.3. The van der Waals surface area contributed by atoms with Gasteiger partial charge in [0, 0.05) is 17.8 Å². The number of sulfonamides is 1. The Hall–Kier alpha value is -1.64. The summed E-state index contributed by atoms with van der Waals surface area (Å²) >= 11 is 5.71. The number of nitrogen functional groups attached to an aromatic ring is 1. The normalized spacial score (nSPS) is 11.8. The molecule has 0 aliphatic heterocycles. The van der Waals surface area contributed by atoms with Crippen LogP contribution in [0, 0.1) is 12.7 Å². The quantitative estimate of drug-likeness (QED) is 0.813. The molecule has 0 atom stereocenters. The van der Waals surface area contributed by atoms with Crippen molar-refractivity contribution in [1.82, 2.24) is 14.5 Å². The predicted octanol–water partition coefficient (Wildman–Crippen LogP) is 1.54. The van der Waals surface area contributed by atoms with E-state index >= 15 is 0 Å². The van der Waals surface area contributed by atoms with E-state index in [0.29, 0.717) is 6.54 Å². The predicted molar refractivity (Wildman–Crippen MR) is 78.0 cm³/mol. The van der Waals surface area contributed by atoms with Crippen molar-refractivity contribution in [3.05, 3.63) is 40.9 Å². The lowest BCUT2D eigenvalue weighted by Crippen LogP contribution is -2.28. The van der Waals surface area contributed by atoms with E-state index in [-0.39, 0.29) is 17.3 Å². The summed E-state index contributed by atoms with van der Waals surface area (Å²) in [5.41, 5.74) is 6.02. The number of halogens is 2. The van der Waals surface area contributed by atoms with E-state index in [1.54, 1.807) is 17.1 Å². The summed E-state index contributed by atoms with van der Waals surface area (Å²) in [5, 5.41) is 4.07. The van der Waals surface area contributed by atoms with Crippen molar-refractivity contribution < 1.29 is 12.8 Å². The maximum Gasteiger partial charge on any atom is 0.243 e. The number of nitrogens with two attached hydrogens (primary N) is 1. The van der Waals surface area contributed by atoms with Gasteiger partial charge in [0.15, 0.2) is 5.82 Å². The Morgan fingerprint density at radius 1 is 1.48 bits per heavy atom. The first-order chi connectivity index (χ1) is 9.79. The second-order valence-electron chi connectivity index (χ2n) is 4.49. The molecular weight excluding hydrogens is 319 g/mol. The summed E-state index contributed by atoms with van der Waals surface area (Å²) in [4.78, 5) is -0.566. The SMILES string of the molecule is Cc1cnn(CCNS(=O)(=O)c2cc(Cl)cc(N)c2F)c1. The molecule has 0 fully saturated rings. The van der Waals surface area contributed by atoms with Gasteiger partial charge in [-0.25, -0.2) is 17.5 Å². The van der Waals surface area contributed by atoms with Crippen LogP contribution in [-0.4, -0.2) is 24.7 Å². The molecular formula is C12H14ClFN4O2S. The Bertz CT molecular complexity index is 761. The maximum absolute atomic E-state index is 13.8. The minimum Gasteiger partial charge on any atom is -0.396 e. The number of hydrogen-bond acceptors (Lipinski definition) is 4. The monoisotopic (exact) mass is 332 g/mol. The van der Waals surface area contributed by atoms with Gasteiger partial charge in [-0.1, -0.05) is 11.6 Å². The fraction of sp³-hybridized carbons (Fsp3) is 0.250. The van der Waals surface area contributed by atoms with Crippen molar-refractivity contribution in [2.75, 3.05) is 12.3 Å². The Kier molecular flexibility index (Phi) is 4.50. The number of benzene rings is 1. The fourth-order valence-electron chi connectivity index (χ4n) is 1.74. The summed E-state index contributed by atoms with van der Waals surface area (Å²) < 4.78 is 41.8. The number of rotatable bonds is 5. The molecule has 114 valence electrons. The van der Waals surface area contributed by atoms with Gasteiger partial charge in [0.1, 0.15) is 4.90 Å². The van der Waals surface area contributed by atoms with Crippen LogP contribution in [0.1, 0.15) is 5.56 Å². The van der Waals surface area contributed by atoms with Gasteiger partial charge in [0.05, 0.1) is 18.4 Å². The number of hydrogen-bond donors (Lipinski definition) is 2. The Morgan fingerprint density at radius 3 is 2.81 bits per heavy atom. The zero-order valence-corrected chi connectivity index (χ0v) is 12.7. The van der Waals surface area contributed by atoms with E-state index in [1.807, 2.05) is 6.92 Å². The number of aromatic nitrogens is 2. The van der Waals surface area contributed by atoms with E-state index in [2.05, 4.69) is 9.82 Å². The van der Waals surface area contributed by atoms with Gasteiger partial charge in [0.2, 0.25) is 10.0 Å². The fourth-order valence-corrected chi connectivity index (χ4v) is 3.18. The lowest BCUT2D eigenvalue weighted by molar-refractivity contribution is 0.546. The molecule has 2 aromatic rings. The third kappa shape index (κ3) is 3.72. The first-order valence-corrected chi connectivity index (χ1v) is 7.89. The van der Waals surface area contributed by atoms with Gasteiger partial charge in [-0.3, -0.25) is 4.68 Å². The van der Waals surface area contributed by atoms with Crippen LogP contribution in [0.3, 0.4) is 0 Å². The van der Waals surface area contributed by atoms with Gasteiger partial charge in [-0.15, -0.1) is 0 Å². The van der Waals surface area contributed by atoms with Crippen LogP contribution >= 0.6 is 11.6 Å². The molecule has 21 heavy (non-hydrogen) atoms. The summed E-state index contributed by atoms with van der Waals surface area (Å²) in [6.45, 7) is 2.26. The van der Waals surface area contributed by atoms with E-state index in [4.69, 9.17) is 17.3 Å². The first-order valence-electron chi connectivity index (χ1n) is 6.03. The minimum absolute atomic E-state index is 0.0528. The third-order valence-electron chi connectivity index (χ3n) is 2.72. The Labute approximate surface area is 126 Å². The molecule has 0 unspecified atom stereocenters. The van der Waals surface area contributed by atoms with Crippen molar-refractivity contribution >= 4 is 27.3 Å². The highest BCUT2D eigenvalue weighted by molar-refractivity contribution is 7.89. The zero-order chi connectivity index (χ0) is 15.6. The number of nitrogens with one attached hydrogen (secondary N) is 1. The zero-order valence-electron chi connectivity index (χ0n) is 11.2. The largest absolute Gasteiger partial charge is 0.396 e. The molecule has 0 spiro atoms. The molecule has 3 N–H and O–H groups in total. The molecule has 0 aliphatic rings.